The number of likely N-dealkylation sites (tertiary alicyclic amines) is 1. The second-order valence-corrected chi connectivity index (χ2v) is 7.09. The van der Waals surface area contributed by atoms with Crippen LogP contribution in [0.5, 0.6) is 0 Å². The fourth-order valence-electron chi connectivity index (χ4n) is 2.80. The molecule has 1 aliphatic rings. The van der Waals surface area contributed by atoms with Gasteiger partial charge in [0, 0.05) is 33.0 Å². The maximum absolute atomic E-state index is 12.5. The van der Waals surface area contributed by atoms with Gasteiger partial charge in [0.1, 0.15) is 5.82 Å². The third-order valence-corrected chi connectivity index (χ3v) is 5.24. The van der Waals surface area contributed by atoms with Crippen molar-refractivity contribution in [1.82, 2.24) is 19.7 Å². The van der Waals surface area contributed by atoms with E-state index in [9.17, 15) is 14.4 Å². The monoisotopic (exact) mass is 383 g/mol. The van der Waals surface area contributed by atoms with Crippen LogP contribution in [-0.2, 0) is 32.6 Å². The Balaban J connectivity index is 1.86. The van der Waals surface area contributed by atoms with E-state index >= 15 is 0 Å². The van der Waals surface area contributed by atoms with Crippen LogP contribution in [0.15, 0.2) is 5.16 Å². The molecule has 2 rings (SSSR count). The average molecular weight is 383 g/mol. The molecular formula is C16H25N5O4S. The summed E-state index contributed by atoms with van der Waals surface area (Å²) in [7, 11) is 1.79. The highest BCUT2D eigenvalue weighted by atomic mass is 32.2. The molecule has 0 bridgehead atoms. The molecule has 0 spiro atoms. The largest absolute Gasteiger partial charge is 0.466 e. The maximum Gasteiger partial charge on any atom is 0.310 e. The first-order valence-electron chi connectivity index (χ1n) is 8.66. The third-order valence-electron chi connectivity index (χ3n) is 4.24. The zero-order valence-electron chi connectivity index (χ0n) is 15.1. The Morgan fingerprint density at radius 3 is 2.81 bits per heavy atom. The molecule has 10 heteroatoms. The minimum Gasteiger partial charge on any atom is -0.466 e. The van der Waals surface area contributed by atoms with E-state index in [0.717, 1.165) is 12.8 Å². The van der Waals surface area contributed by atoms with E-state index in [1.165, 1.54) is 11.8 Å². The van der Waals surface area contributed by atoms with Gasteiger partial charge in [0.15, 0.2) is 5.16 Å². The summed E-state index contributed by atoms with van der Waals surface area (Å²) in [5.41, 5.74) is 5.14. The maximum atomic E-state index is 12.5. The van der Waals surface area contributed by atoms with Gasteiger partial charge in [-0.1, -0.05) is 11.8 Å². The number of carbonyl (C=O) groups excluding carboxylic acids is 3. The number of nitrogens with two attached hydrogens (primary N) is 1. The predicted molar refractivity (Wildman–Crippen MR) is 95.2 cm³/mol. The lowest BCUT2D eigenvalue weighted by atomic mass is 9.98. The molecule has 1 atom stereocenters. The van der Waals surface area contributed by atoms with E-state index in [-0.39, 0.29) is 30.0 Å². The van der Waals surface area contributed by atoms with Gasteiger partial charge in [-0.15, -0.1) is 10.2 Å². The Bertz CT molecular complexity index is 663. The van der Waals surface area contributed by atoms with Crippen molar-refractivity contribution in [2.24, 2.45) is 18.7 Å². The Morgan fingerprint density at radius 2 is 2.12 bits per heavy atom. The Hall–Kier alpha value is -2.10. The highest BCUT2D eigenvalue weighted by molar-refractivity contribution is 7.99. The quantitative estimate of drug-likeness (QED) is 0.500. The summed E-state index contributed by atoms with van der Waals surface area (Å²) >= 11 is 1.29. The Morgan fingerprint density at radius 1 is 1.35 bits per heavy atom. The van der Waals surface area contributed by atoms with Crippen molar-refractivity contribution >= 4 is 29.5 Å². The highest BCUT2D eigenvalue weighted by Crippen LogP contribution is 2.21. The number of hydrogen-bond acceptors (Lipinski definition) is 7. The van der Waals surface area contributed by atoms with Crippen LogP contribution in [0.3, 0.4) is 0 Å². The standard InChI is InChI=1S/C16H25N5O4S/c1-3-25-15(24)11-5-4-8-21(9-11)14(23)10-26-16-19-18-13(20(16)2)7-6-12(17)22/h11H,3-10H2,1-2H3,(H2,17,22)/t11-/m1/s1. The first-order valence-corrected chi connectivity index (χ1v) is 9.64. The molecule has 0 aromatic carbocycles. The lowest BCUT2D eigenvalue weighted by Gasteiger charge is -2.31. The molecule has 2 N–H and O–H groups in total. The van der Waals surface area contributed by atoms with Crippen LogP contribution in [0, 0.1) is 5.92 Å². The molecule has 26 heavy (non-hydrogen) atoms. The van der Waals surface area contributed by atoms with Crippen LogP contribution in [0.1, 0.15) is 32.0 Å². The van der Waals surface area contributed by atoms with Crippen molar-refractivity contribution in [3.05, 3.63) is 5.82 Å². The molecule has 1 fully saturated rings. The summed E-state index contributed by atoms with van der Waals surface area (Å²) in [6, 6.07) is 0. The SMILES string of the molecule is CCOC(=O)[C@@H]1CCCN(C(=O)CSc2nnc(CCC(N)=O)n2C)C1. The van der Waals surface area contributed by atoms with E-state index in [1.54, 1.807) is 23.4 Å². The van der Waals surface area contributed by atoms with Crippen LogP contribution in [-0.4, -0.2) is 62.9 Å². The number of aromatic nitrogens is 3. The van der Waals surface area contributed by atoms with E-state index < -0.39 is 5.91 Å². The molecule has 1 aliphatic heterocycles. The van der Waals surface area contributed by atoms with Gasteiger partial charge in [-0.3, -0.25) is 14.4 Å². The number of hydrogen-bond donors (Lipinski definition) is 1. The summed E-state index contributed by atoms with van der Waals surface area (Å²) in [6.45, 7) is 3.18. The summed E-state index contributed by atoms with van der Waals surface area (Å²) < 4.78 is 6.82. The fraction of sp³-hybridized carbons (Fsp3) is 0.688. The van der Waals surface area contributed by atoms with Gasteiger partial charge in [-0.05, 0) is 19.8 Å². The molecule has 2 amide bonds. The van der Waals surface area contributed by atoms with Crippen LogP contribution in [0.4, 0.5) is 0 Å². The van der Waals surface area contributed by atoms with Crippen LogP contribution < -0.4 is 5.73 Å². The van der Waals surface area contributed by atoms with Crippen molar-refractivity contribution in [2.75, 3.05) is 25.4 Å². The molecule has 2 heterocycles. The van der Waals surface area contributed by atoms with Crippen molar-refractivity contribution in [3.63, 3.8) is 0 Å². The fourth-order valence-corrected chi connectivity index (χ4v) is 3.63. The van der Waals surface area contributed by atoms with Gasteiger partial charge in [-0.25, -0.2) is 0 Å². The van der Waals surface area contributed by atoms with E-state index in [0.29, 0.717) is 37.1 Å². The third kappa shape index (κ3) is 5.45. The molecule has 1 saturated heterocycles. The highest BCUT2D eigenvalue weighted by Gasteiger charge is 2.29. The smallest absolute Gasteiger partial charge is 0.310 e. The molecule has 1 aromatic rings. The van der Waals surface area contributed by atoms with Crippen molar-refractivity contribution in [1.29, 1.82) is 0 Å². The van der Waals surface area contributed by atoms with Crippen LogP contribution in [0.2, 0.25) is 0 Å². The molecule has 0 unspecified atom stereocenters. The summed E-state index contributed by atoms with van der Waals surface area (Å²) in [5.74, 6) is -0.0292. The van der Waals surface area contributed by atoms with Gasteiger partial charge >= 0.3 is 5.97 Å². The summed E-state index contributed by atoms with van der Waals surface area (Å²) in [5, 5.41) is 8.70. The Labute approximate surface area is 156 Å². The molecule has 9 nitrogen and oxygen atoms in total. The predicted octanol–water partition coefficient (Wildman–Crippen LogP) is 0.127. The molecule has 144 valence electrons. The Kier molecular flexibility index (Phi) is 7.43. The number of aryl methyl sites for hydroxylation is 1. The minimum absolute atomic E-state index is 0.0364. The zero-order chi connectivity index (χ0) is 19.1. The first-order chi connectivity index (χ1) is 12.4. The number of piperidine rings is 1. The molecule has 0 aliphatic carbocycles. The lowest BCUT2D eigenvalue weighted by Crippen LogP contribution is -2.43. The number of nitrogens with zero attached hydrogens (tertiary/aromatic N) is 4. The molecule has 0 radical (unpaired) electrons. The van der Waals surface area contributed by atoms with Gasteiger partial charge in [0.2, 0.25) is 11.8 Å². The van der Waals surface area contributed by atoms with E-state index in [1.807, 2.05) is 0 Å². The summed E-state index contributed by atoms with van der Waals surface area (Å²) in [6.07, 6.45) is 2.17. The zero-order valence-corrected chi connectivity index (χ0v) is 16.0. The number of thioether (sulfide) groups is 1. The van der Waals surface area contributed by atoms with Crippen molar-refractivity contribution in [2.45, 2.75) is 37.8 Å². The number of primary amides is 1. The van der Waals surface area contributed by atoms with Crippen molar-refractivity contribution in [3.8, 4) is 0 Å². The topological polar surface area (TPSA) is 120 Å². The van der Waals surface area contributed by atoms with Crippen molar-refractivity contribution < 1.29 is 19.1 Å². The van der Waals surface area contributed by atoms with Gasteiger partial charge in [-0.2, -0.15) is 0 Å². The molecular weight excluding hydrogens is 358 g/mol. The molecule has 0 saturated carbocycles. The normalized spacial score (nSPS) is 17.2. The number of ether oxygens (including phenoxy) is 1. The van der Waals surface area contributed by atoms with E-state index in [4.69, 9.17) is 10.5 Å². The minimum atomic E-state index is -0.390. The average Bonchev–Trinajstić information content (AvgIpc) is 2.98. The lowest BCUT2D eigenvalue weighted by molar-refractivity contribution is -0.151. The van der Waals surface area contributed by atoms with Gasteiger partial charge < -0.3 is 19.9 Å². The summed E-state index contributed by atoms with van der Waals surface area (Å²) in [4.78, 5) is 36.9. The number of carbonyl (C=O) groups is 3. The molecule has 1 aromatic heterocycles. The van der Waals surface area contributed by atoms with Gasteiger partial charge in [0.25, 0.3) is 0 Å². The second kappa shape index (κ2) is 9.56. The van der Waals surface area contributed by atoms with E-state index in [2.05, 4.69) is 10.2 Å². The van der Waals surface area contributed by atoms with Gasteiger partial charge in [0.05, 0.1) is 18.3 Å². The second-order valence-electron chi connectivity index (χ2n) is 6.14. The van der Waals surface area contributed by atoms with Crippen LogP contribution in [0.25, 0.3) is 0 Å². The number of esters is 1. The first kappa shape index (κ1) is 20.2. The number of rotatable bonds is 8. The number of amides is 2. The van der Waals surface area contributed by atoms with Crippen LogP contribution >= 0.6 is 11.8 Å².